The summed E-state index contributed by atoms with van der Waals surface area (Å²) in [5.41, 5.74) is 2.84. The summed E-state index contributed by atoms with van der Waals surface area (Å²) in [4.78, 5) is 20.5. The smallest absolute Gasteiger partial charge is 0.322 e. The highest BCUT2D eigenvalue weighted by Gasteiger charge is 2.18. The number of rotatable bonds is 8. The Balaban J connectivity index is 1.49. The molecule has 2 aromatic carbocycles. The van der Waals surface area contributed by atoms with Crippen molar-refractivity contribution in [3.63, 3.8) is 0 Å². The van der Waals surface area contributed by atoms with Crippen molar-refractivity contribution >= 4 is 22.6 Å². The summed E-state index contributed by atoms with van der Waals surface area (Å²) in [7, 11) is 0. The van der Waals surface area contributed by atoms with Gasteiger partial charge in [-0.25, -0.2) is 4.79 Å². The van der Waals surface area contributed by atoms with Crippen molar-refractivity contribution in [1.82, 2.24) is 14.8 Å². The molecule has 0 saturated heterocycles. The second-order valence-corrected chi connectivity index (χ2v) is 7.35. The fourth-order valence-electron chi connectivity index (χ4n) is 3.65. The van der Waals surface area contributed by atoms with Gasteiger partial charge in [0.15, 0.2) is 11.5 Å². The number of aromatic amines is 1. The SMILES string of the molecule is CCN(CC)CCN(Cc1ccc2c(c1)OCO2)C(=O)Nc1ccc2[nH]ccc2c1. The van der Waals surface area contributed by atoms with Crippen molar-refractivity contribution < 1.29 is 14.3 Å². The molecular weight excluding hydrogens is 380 g/mol. The molecule has 0 bridgehead atoms. The van der Waals surface area contributed by atoms with E-state index in [2.05, 4.69) is 29.0 Å². The maximum atomic E-state index is 13.1. The Hall–Kier alpha value is -3.19. The summed E-state index contributed by atoms with van der Waals surface area (Å²) in [5.74, 6) is 1.48. The lowest BCUT2D eigenvalue weighted by Crippen LogP contribution is -2.40. The minimum Gasteiger partial charge on any atom is -0.454 e. The van der Waals surface area contributed by atoms with Crippen LogP contribution in [0.2, 0.25) is 0 Å². The van der Waals surface area contributed by atoms with E-state index in [-0.39, 0.29) is 12.8 Å². The Morgan fingerprint density at radius 2 is 1.87 bits per heavy atom. The third-order valence-corrected chi connectivity index (χ3v) is 5.48. The summed E-state index contributed by atoms with van der Waals surface area (Å²) >= 11 is 0. The van der Waals surface area contributed by atoms with Crippen LogP contribution in [-0.2, 0) is 6.54 Å². The molecule has 0 fully saturated rings. The quantitative estimate of drug-likeness (QED) is 0.584. The number of likely N-dealkylation sites (N-methyl/N-ethyl adjacent to an activating group) is 1. The first-order valence-electron chi connectivity index (χ1n) is 10.4. The van der Waals surface area contributed by atoms with Crippen molar-refractivity contribution in [2.75, 3.05) is 38.3 Å². The van der Waals surface area contributed by atoms with Gasteiger partial charge >= 0.3 is 6.03 Å². The fraction of sp³-hybridized carbons (Fsp3) is 0.348. The molecule has 158 valence electrons. The van der Waals surface area contributed by atoms with Crippen LogP contribution >= 0.6 is 0 Å². The number of aromatic nitrogens is 1. The number of urea groups is 1. The van der Waals surface area contributed by atoms with Crippen molar-refractivity contribution in [3.05, 3.63) is 54.2 Å². The number of ether oxygens (including phenoxy) is 2. The zero-order valence-corrected chi connectivity index (χ0v) is 17.5. The largest absolute Gasteiger partial charge is 0.454 e. The van der Waals surface area contributed by atoms with Gasteiger partial charge in [-0.3, -0.25) is 0 Å². The molecule has 0 saturated carbocycles. The van der Waals surface area contributed by atoms with Crippen LogP contribution in [0.3, 0.4) is 0 Å². The first kappa shape index (κ1) is 20.1. The van der Waals surface area contributed by atoms with Crippen LogP contribution < -0.4 is 14.8 Å². The van der Waals surface area contributed by atoms with Crippen LogP contribution in [0.1, 0.15) is 19.4 Å². The standard InChI is InChI=1S/C23H28N4O3/c1-3-26(4-2)11-12-27(15-17-5-8-21-22(13-17)30-16-29-21)23(28)25-19-6-7-20-18(14-19)9-10-24-20/h5-10,13-14,24H,3-4,11-12,15-16H2,1-2H3,(H,25,28). The van der Waals surface area contributed by atoms with Crippen LogP contribution in [0.15, 0.2) is 48.7 Å². The molecule has 3 aromatic rings. The summed E-state index contributed by atoms with van der Waals surface area (Å²) in [6.45, 7) is 8.38. The third kappa shape index (κ3) is 4.52. The fourth-order valence-corrected chi connectivity index (χ4v) is 3.65. The number of amides is 2. The zero-order valence-electron chi connectivity index (χ0n) is 17.5. The summed E-state index contributed by atoms with van der Waals surface area (Å²) in [5, 5.41) is 4.12. The summed E-state index contributed by atoms with van der Waals surface area (Å²) in [6, 6.07) is 13.6. The van der Waals surface area contributed by atoms with Crippen LogP contribution in [0.5, 0.6) is 11.5 Å². The predicted molar refractivity (Wildman–Crippen MR) is 118 cm³/mol. The molecule has 7 nitrogen and oxygen atoms in total. The zero-order chi connectivity index (χ0) is 20.9. The molecule has 0 aliphatic carbocycles. The molecule has 0 radical (unpaired) electrons. The van der Waals surface area contributed by atoms with Crippen molar-refractivity contribution in [2.45, 2.75) is 20.4 Å². The molecule has 1 aliphatic rings. The lowest BCUT2D eigenvalue weighted by molar-refractivity contribution is 0.173. The number of nitrogens with one attached hydrogen (secondary N) is 2. The van der Waals surface area contributed by atoms with Crippen molar-refractivity contribution in [3.8, 4) is 11.5 Å². The number of benzene rings is 2. The Bertz CT molecular complexity index is 1010. The first-order valence-corrected chi connectivity index (χ1v) is 10.4. The van der Waals surface area contributed by atoms with E-state index in [0.29, 0.717) is 13.1 Å². The Labute approximate surface area is 176 Å². The highest BCUT2D eigenvalue weighted by Crippen LogP contribution is 2.32. The van der Waals surface area contributed by atoms with Gasteiger partial charge in [0.05, 0.1) is 0 Å². The molecule has 30 heavy (non-hydrogen) atoms. The average Bonchev–Trinajstić information content (AvgIpc) is 3.41. The lowest BCUT2D eigenvalue weighted by atomic mass is 10.2. The molecule has 2 N–H and O–H groups in total. The molecule has 1 aliphatic heterocycles. The van der Waals surface area contributed by atoms with Crippen LogP contribution in [0.4, 0.5) is 10.5 Å². The topological polar surface area (TPSA) is 69.8 Å². The average molecular weight is 409 g/mol. The molecular formula is C23H28N4O3. The number of hydrogen-bond acceptors (Lipinski definition) is 4. The molecule has 7 heteroatoms. The Morgan fingerprint density at radius 1 is 1.03 bits per heavy atom. The number of hydrogen-bond donors (Lipinski definition) is 2. The Morgan fingerprint density at radius 3 is 2.70 bits per heavy atom. The monoisotopic (exact) mass is 408 g/mol. The number of carbonyl (C=O) groups excluding carboxylic acids is 1. The van der Waals surface area contributed by atoms with E-state index in [0.717, 1.165) is 53.3 Å². The summed E-state index contributed by atoms with van der Waals surface area (Å²) < 4.78 is 10.9. The van der Waals surface area contributed by atoms with Gasteiger partial charge in [0.25, 0.3) is 0 Å². The van der Waals surface area contributed by atoms with E-state index in [1.54, 1.807) is 0 Å². The number of H-pyrrole nitrogens is 1. The number of nitrogens with zero attached hydrogens (tertiary/aromatic N) is 2. The van der Waals surface area contributed by atoms with Crippen molar-refractivity contribution in [1.29, 1.82) is 0 Å². The van der Waals surface area contributed by atoms with Gasteiger partial charge < -0.3 is 29.6 Å². The van der Waals surface area contributed by atoms with Crippen molar-refractivity contribution in [2.24, 2.45) is 0 Å². The normalized spacial score (nSPS) is 12.5. The van der Waals surface area contributed by atoms with E-state index in [1.807, 2.05) is 53.6 Å². The number of anilines is 1. The lowest BCUT2D eigenvalue weighted by Gasteiger charge is -2.27. The minimum atomic E-state index is -0.116. The second kappa shape index (κ2) is 9.09. The van der Waals surface area contributed by atoms with E-state index in [9.17, 15) is 4.79 Å². The van der Waals surface area contributed by atoms with Gasteiger partial charge in [-0.2, -0.15) is 0 Å². The minimum absolute atomic E-state index is 0.116. The highest BCUT2D eigenvalue weighted by atomic mass is 16.7. The molecule has 0 unspecified atom stereocenters. The van der Waals surface area contributed by atoms with Gasteiger partial charge in [-0.05, 0) is 55.1 Å². The van der Waals surface area contributed by atoms with E-state index in [1.165, 1.54) is 0 Å². The van der Waals surface area contributed by atoms with E-state index >= 15 is 0 Å². The number of carbonyl (C=O) groups is 1. The molecule has 1 aromatic heterocycles. The highest BCUT2D eigenvalue weighted by molar-refractivity contribution is 5.92. The molecule has 0 spiro atoms. The molecule has 4 rings (SSSR count). The summed E-state index contributed by atoms with van der Waals surface area (Å²) in [6.07, 6.45) is 1.90. The van der Waals surface area contributed by atoms with E-state index < -0.39 is 0 Å². The molecule has 2 amide bonds. The first-order chi connectivity index (χ1) is 14.7. The van der Waals surface area contributed by atoms with Gasteiger partial charge in [0.1, 0.15) is 0 Å². The maximum absolute atomic E-state index is 13.1. The van der Waals surface area contributed by atoms with Gasteiger partial charge in [-0.15, -0.1) is 0 Å². The predicted octanol–water partition coefficient (Wildman–Crippen LogP) is 4.27. The van der Waals surface area contributed by atoms with Gasteiger partial charge in [0, 0.05) is 42.4 Å². The van der Waals surface area contributed by atoms with Gasteiger partial charge in [0.2, 0.25) is 6.79 Å². The second-order valence-electron chi connectivity index (χ2n) is 7.35. The van der Waals surface area contributed by atoms with Crippen LogP contribution in [0.25, 0.3) is 10.9 Å². The third-order valence-electron chi connectivity index (χ3n) is 5.48. The molecule has 2 heterocycles. The van der Waals surface area contributed by atoms with Gasteiger partial charge in [-0.1, -0.05) is 19.9 Å². The van der Waals surface area contributed by atoms with Crippen LogP contribution in [0, 0.1) is 0 Å². The van der Waals surface area contributed by atoms with Crippen LogP contribution in [-0.4, -0.2) is 53.8 Å². The Kier molecular flexibility index (Phi) is 6.09. The maximum Gasteiger partial charge on any atom is 0.322 e. The molecule has 0 atom stereocenters. The number of fused-ring (bicyclic) bond motifs is 2. The van der Waals surface area contributed by atoms with E-state index in [4.69, 9.17) is 9.47 Å².